The number of anilines is 2. The van der Waals surface area contributed by atoms with E-state index in [2.05, 4.69) is 20.2 Å². The second-order valence-corrected chi connectivity index (χ2v) is 10.0. The van der Waals surface area contributed by atoms with E-state index in [0.29, 0.717) is 48.3 Å². The minimum absolute atomic E-state index is 0.0339. The van der Waals surface area contributed by atoms with E-state index in [4.69, 9.17) is 30.5 Å². The predicted octanol–water partition coefficient (Wildman–Crippen LogP) is 4.78. The summed E-state index contributed by atoms with van der Waals surface area (Å²) in [6.45, 7) is 4.67. The highest BCUT2D eigenvalue weighted by atomic mass is 35.5. The van der Waals surface area contributed by atoms with Crippen molar-refractivity contribution >= 4 is 34.0 Å². The molecule has 10 heteroatoms. The van der Waals surface area contributed by atoms with Gasteiger partial charge in [0.15, 0.2) is 17.3 Å². The molecule has 0 radical (unpaired) electrons. The molecule has 1 saturated carbocycles. The second-order valence-electron chi connectivity index (χ2n) is 9.64. The highest BCUT2D eigenvalue weighted by molar-refractivity contribution is 6.31. The summed E-state index contributed by atoms with van der Waals surface area (Å²) in [5.74, 6) is 0.896. The maximum atomic E-state index is 13.6. The van der Waals surface area contributed by atoms with Gasteiger partial charge in [0.25, 0.3) is 0 Å². The Labute approximate surface area is 213 Å². The normalized spacial score (nSPS) is 19.9. The molecule has 3 aliphatic rings. The van der Waals surface area contributed by atoms with Crippen LogP contribution in [0, 0.1) is 11.2 Å². The van der Waals surface area contributed by atoms with Crippen molar-refractivity contribution in [2.45, 2.75) is 25.0 Å². The molecule has 1 aliphatic carbocycles. The topological polar surface area (TPSA) is 78.0 Å². The summed E-state index contributed by atoms with van der Waals surface area (Å²) in [4.78, 5) is 11.2. The SMILES string of the molecule is COc1cc2ncnc(Nc3ccc(F)c(Cl)c3)c2cc1OCCCN1CC2(CC2)C2(C1)OCCO2. The number of hydrogen-bond donors (Lipinski definition) is 1. The lowest BCUT2D eigenvalue weighted by Gasteiger charge is -2.28. The molecule has 6 rings (SSSR count). The van der Waals surface area contributed by atoms with Gasteiger partial charge in [-0.25, -0.2) is 14.4 Å². The fourth-order valence-electron chi connectivity index (χ4n) is 5.38. The molecule has 2 spiro atoms. The van der Waals surface area contributed by atoms with Crippen LogP contribution in [0.15, 0.2) is 36.7 Å². The molecule has 0 bridgehead atoms. The number of nitrogens with one attached hydrogen (secondary N) is 1. The average molecular weight is 515 g/mol. The van der Waals surface area contributed by atoms with E-state index in [1.807, 2.05) is 12.1 Å². The summed E-state index contributed by atoms with van der Waals surface area (Å²) in [5, 5.41) is 3.98. The van der Waals surface area contributed by atoms with Gasteiger partial charge < -0.3 is 24.3 Å². The fraction of sp³-hybridized carbons (Fsp3) is 0.462. The first-order valence-electron chi connectivity index (χ1n) is 12.2. The lowest BCUT2D eigenvalue weighted by Crippen LogP contribution is -2.40. The number of aromatic nitrogens is 2. The van der Waals surface area contributed by atoms with Gasteiger partial charge in [-0.3, -0.25) is 4.90 Å². The van der Waals surface area contributed by atoms with E-state index < -0.39 is 11.6 Å². The summed E-state index contributed by atoms with van der Waals surface area (Å²) in [5.41, 5.74) is 1.50. The van der Waals surface area contributed by atoms with Crippen molar-refractivity contribution in [1.29, 1.82) is 0 Å². The van der Waals surface area contributed by atoms with Gasteiger partial charge in [0.1, 0.15) is 18.0 Å². The molecule has 190 valence electrons. The lowest BCUT2D eigenvalue weighted by atomic mass is 10.00. The van der Waals surface area contributed by atoms with Crippen LogP contribution in [0.3, 0.4) is 0 Å². The summed E-state index contributed by atoms with van der Waals surface area (Å²) < 4.78 is 37.4. The van der Waals surface area contributed by atoms with Crippen LogP contribution in [0.5, 0.6) is 11.5 Å². The van der Waals surface area contributed by atoms with E-state index >= 15 is 0 Å². The van der Waals surface area contributed by atoms with Gasteiger partial charge in [0.2, 0.25) is 0 Å². The maximum Gasteiger partial charge on any atom is 0.188 e. The minimum Gasteiger partial charge on any atom is -0.493 e. The Bertz CT molecular complexity index is 1280. The van der Waals surface area contributed by atoms with Crippen LogP contribution in [0.1, 0.15) is 19.3 Å². The molecular weight excluding hydrogens is 487 g/mol. The Morgan fingerprint density at radius 1 is 1.11 bits per heavy atom. The molecule has 1 N–H and O–H groups in total. The predicted molar refractivity (Wildman–Crippen MR) is 134 cm³/mol. The molecule has 36 heavy (non-hydrogen) atoms. The van der Waals surface area contributed by atoms with Crippen molar-refractivity contribution in [1.82, 2.24) is 14.9 Å². The molecule has 3 fully saturated rings. The highest BCUT2D eigenvalue weighted by Crippen LogP contribution is 2.61. The van der Waals surface area contributed by atoms with Crippen LogP contribution in [0.25, 0.3) is 10.9 Å². The highest BCUT2D eigenvalue weighted by Gasteiger charge is 2.67. The zero-order chi connectivity index (χ0) is 24.8. The van der Waals surface area contributed by atoms with Gasteiger partial charge in [-0.1, -0.05) is 11.6 Å². The first-order valence-corrected chi connectivity index (χ1v) is 12.6. The van der Waals surface area contributed by atoms with Crippen LogP contribution in [0.4, 0.5) is 15.9 Å². The number of likely N-dealkylation sites (tertiary alicyclic amines) is 1. The van der Waals surface area contributed by atoms with Crippen molar-refractivity contribution in [2.75, 3.05) is 51.9 Å². The molecule has 1 aromatic heterocycles. The number of ether oxygens (including phenoxy) is 4. The molecule has 2 aliphatic heterocycles. The van der Waals surface area contributed by atoms with Gasteiger partial charge in [0.05, 0.1) is 44.0 Å². The molecule has 0 atom stereocenters. The number of halogens is 2. The van der Waals surface area contributed by atoms with Crippen LogP contribution in [-0.2, 0) is 9.47 Å². The number of rotatable bonds is 8. The monoisotopic (exact) mass is 514 g/mol. The molecule has 2 aromatic carbocycles. The molecule has 2 saturated heterocycles. The summed E-state index contributed by atoms with van der Waals surface area (Å²) in [7, 11) is 1.61. The summed E-state index contributed by atoms with van der Waals surface area (Å²) >= 11 is 5.93. The van der Waals surface area contributed by atoms with Gasteiger partial charge in [-0.05, 0) is 43.5 Å². The van der Waals surface area contributed by atoms with Crippen LogP contribution in [0.2, 0.25) is 5.02 Å². The molecule has 0 amide bonds. The maximum absolute atomic E-state index is 13.6. The third-order valence-electron chi connectivity index (χ3n) is 7.35. The number of methoxy groups -OCH3 is 1. The molecule has 0 unspecified atom stereocenters. The standard InChI is InChI=1S/C26H28ClFN4O4/c1-33-22-13-21-18(24(30-16-29-21)31-17-3-4-20(28)19(27)11-17)12-23(22)34-8-2-7-32-14-25(5-6-25)26(15-32)35-9-10-36-26/h3-4,11-13,16H,2,5-10,14-15H2,1H3,(H,29,30,31). The zero-order valence-corrected chi connectivity index (χ0v) is 20.8. The first kappa shape index (κ1) is 23.7. The van der Waals surface area contributed by atoms with Gasteiger partial charge in [-0.15, -0.1) is 0 Å². The summed E-state index contributed by atoms with van der Waals surface area (Å²) in [6.07, 6.45) is 4.68. The van der Waals surface area contributed by atoms with Crippen molar-refractivity contribution in [3.05, 3.63) is 47.5 Å². The van der Waals surface area contributed by atoms with E-state index in [9.17, 15) is 4.39 Å². The molecule has 3 aromatic rings. The zero-order valence-electron chi connectivity index (χ0n) is 20.1. The van der Waals surface area contributed by atoms with Gasteiger partial charge in [0, 0.05) is 35.6 Å². The van der Waals surface area contributed by atoms with Crippen LogP contribution >= 0.6 is 11.6 Å². The third-order valence-corrected chi connectivity index (χ3v) is 7.64. The average Bonchev–Trinajstić information content (AvgIpc) is 3.39. The molecular formula is C26H28ClFN4O4. The van der Waals surface area contributed by atoms with Crippen LogP contribution in [-0.4, -0.2) is 67.2 Å². The van der Waals surface area contributed by atoms with E-state index in [1.54, 1.807) is 13.2 Å². The fourth-order valence-corrected chi connectivity index (χ4v) is 5.56. The van der Waals surface area contributed by atoms with E-state index in [-0.39, 0.29) is 10.4 Å². The largest absolute Gasteiger partial charge is 0.493 e. The Morgan fingerprint density at radius 3 is 2.69 bits per heavy atom. The number of fused-ring (bicyclic) bond motifs is 2. The van der Waals surface area contributed by atoms with Crippen molar-refractivity contribution in [3.63, 3.8) is 0 Å². The van der Waals surface area contributed by atoms with E-state index in [0.717, 1.165) is 31.4 Å². The van der Waals surface area contributed by atoms with Crippen molar-refractivity contribution in [3.8, 4) is 11.5 Å². The number of hydrogen-bond acceptors (Lipinski definition) is 8. The van der Waals surface area contributed by atoms with Crippen molar-refractivity contribution < 1.29 is 23.3 Å². The minimum atomic E-state index is -0.477. The molecule has 8 nitrogen and oxygen atoms in total. The number of benzene rings is 2. The summed E-state index contributed by atoms with van der Waals surface area (Å²) in [6, 6.07) is 8.12. The van der Waals surface area contributed by atoms with Gasteiger partial charge >= 0.3 is 0 Å². The van der Waals surface area contributed by atoms with Crippen molar-refractivity contribution in [2.24, 2.45) is 5.41 Å². The Kier molecular flexibility index (Phi) is 6.11. The Hall–Kier alpha value is -2.72. The lowest BCUT2D eigenvalue weighted by molar-refractivity contribution is -0.182. The van der Waals surface area contributed by atoms with E-state index in [1.165, 1.54) is 31.3 Å². The van der Waals surface area contributed by atoms with Crippen LogP contribution < -0.4 is 14.8 Å². The first-order chi connectivity index (χ1) is 17.5. The van der Waals surface area contributed by atoms with Gasteiger partial charge in [-0.2, -0.15) is 0 Å². The Balaban J connectivity index is 1.14. The smallest absolute Gasteiger partial charge is 0.188 e. The second kappa shape index (κ2) is 9.30. The number of nitrogens with zero attached hydrogens (tertiary/aromatic N) is 3. The Morgan fingerprint density at radius 2 is 1.94 bits per heavy atom. The quantitative estimate of drug-likeness (QED) is 0.430. The molecule has 3 heterocycles. The third kappa shape index (κ3) is 4.24.